The molecule has 3 aromatic rings. The summed E-state index contributed by atoms with van der Waals surface area (Å²) in [4.78, 5) is 14.0. The lowest BCUT2D eigenvalue weighted by molar-refractivity contribution is 0.0917. The first-order valence-corrected chi connectivity index (χ1v) is 10.2. The van der Waals surface area contributed by atoms with Crippen molar-refractivity contribution in [3.05, 3.63) is 64.9 Å². The fraction of sp³-hybridized carbons (Fsp3) is 0.333. The third-order valence-corrected chi connectivity index (χ3v) is 5.86. The predicted molar refractivity (Wildman–Crippen MR) is 105 cm³/mol. The first kappa shape index (κ1) is 17.9. The minimum Gasteiger partial charge on any atom is -0.348 e. The number of hydrogen-bond acceptors (Lipinski definition) is 3. The molecule has 6 heteroatoms. The molecule has 1 saturated carbocycles. The van der Waals surface area contributed by atoms with E-state index in [-0.39, 0.29) is 17.8 Å². The zero-order valence-electron chi connectivity index (χ0n) is 15.0. The molecule has 4 nitrogen and oxygen atoms in total. The minimum absolute atomic E-state index is 0.0840. The van der Waals surface area contributed by atoms with Gasteiger partial charge in [-0.3, -0.25) is 9.48 Å². The lowest BCUT2D eigenvalue weighted by atomic mass is 9.95. The standard InChI is InChI=1S/C21H22FN3OS/c22-16-10-8-15(9-11-16)14-25-19(13-18(24-25)20-7-4-12-27-20)21(26)23-17-5-2-1-3-6-17/h4,7-13,17H,1-3,5-6,14H2,(H,23,26). The third kappa shape index (κ3) is 4.27. The Bertz CT molecular complexity index is 896. The van der Waals surface area contributed by atoms with E-state index in [0.29, 0.717) is 12.2 Å². The topological polar surface area (TPSA) is 46.9 Å². The maximum absolute atomic E-state index is 13.2. The summed E-state index contributed by atoms with van der Waals surface area (Å²) in [5.41, 5.74) is 2.25. The van der Waals surface area contributed by atoms with Crippen LogP contribution in [0.1, 0.15) is 48.2 Å². The Kier molecular flexibility index (Phi) is 5.34. The van der Waals surface area contributed by atoms with Crippen molar-refractivity contribution in [1.82, 2.24) is 15.1 Å². The van der Waals surface area contributed by atoms with Gasteiger partial charge in [-0.05, 0) is 48.1 Å². The molecule has 2 heterocycles. The van der Waals surface area contributed by atoms with Crippen molar-refractivity contribution in [3.8, 4) is 10.6 Å². The summed E-state index contributed by atoms with van der Waals surface area (Å²) in [5, 5.41) is 9.83. The average Bonchev–Trinajstić information content (AvgIpc) is 3.34. The molecule has 1 aliphatic rings. The highest BCUT2D eigenvalue weighted by Crippen LogP contribution is 2.25. The number of nitrogens with zero attached hydrogens (tertiary/aromatic N) is 2. The van der Waals surface area contributed by atoms with E-state index in [2.05, 4.69) is 10.4 Å². The summed E-state index contributed by atoms with van der Waals surface area (Å²) in [5.74, 6) is -0.354. The summed E-state index contributed by atoms with van der Waals surface area (Å²) >= 11 is 1.60. The second-order valence-electron chi connectivity index (χ2n) is 6.98. The van der Waals surface area contributed by atoms with Gasteiger partial charge in [-0.25, -0.2) is 4.39 Å². The van der Waals surface area contributed by atoms with E-state index in [9.17, 15) is 9.18 Å². The number of amides is 1. The first-order chi connectivity index (χ1) is 13.2. The monoisotopic (exact) mass is 383 g/mol. The van der Waals surface area contributed by atoms with Gasteiger partial charge in [-0.15, -0.1) is 11.3 Å². The van der Waals surface area contributed by atoms with E-state index >= 15 is 0 Å². The number of nitrogens with one attached hydrogen (secondary N) is 1. The van der Waals surface area contributed by atoms with Gasteiger partial charge >= 0.3 is 0 Å². The highest BCUT2D eigenvalue weighted by Gasteiger charge is 2.21. The molecule has 0 spiro atoms. The van der Waals surface area contributed by atoms with Gasteiger partial charge in [-0.2, -0.15) is 5.10 Å². The van der Waals surface area contributed by atoms with Crippen molar-refractivity contribution >= 4 is 17.2 Å². The average molecular weight is 383 g/mol. The molecule has 1 amide bonds. The fourth-order valence-corrected chi connectivity index (χ4v) is 4.22. The Morgan fingerprint density at radius 3 is 2.67 bits per heavy atom. The summed E-state index contributed by atoms with van der Waals surface area (Å²) in [7, 11) is 0. The molecular formula is C21H22FN3OS. The maximum Gasteiger partial charge on any atom is 0.269 e. The molecule has 2 aromatic heterocycles. The van der Waals surface area contributed by atoms with Gasteiger partial charge in [0.25, 0.3) is 5.91 Å². The molecule has 0 aliphatic heterocycles. The molecule has 0 unspecified atom stereocenters. The Labute approximate surface area is 162 Å². The molecule has 4 rings (SSSR count). The Hall–Kier alpha value is -2.47. The zero-order chi connectivity index (χ0) is 18.6. The van der Waals surface area contributed by atoms with Crippen molar-refractivity contribution in [2.45, 2.75) is 44.7 Å². The quantitative estimate of drug-likeness (QED) is 0.684. The SMILES string of the molecule is O=C(NC1CCCCC1)c1cc(-c2cccs2)nn1Cc1ccc(F)cc1. The fourth-order valence-electron chi connectivity index (χ4n) is 3.53. The summed E-state index contributed by atoms with van der Waals surface area (Å²) in [6.07, 6.45) is 5.66. The molecule has 0 bridgehead atoms. The number of aromatic nitrogens is 2. The van der Waals surface area contributed by atoms with Crippen molar-refractivity contribution in [3.63, 3.8) is 0 Å². The number of hydrogen-bond donors (Lipinski definition) is 1. The van der Waals surface area contributed by atoms with E-state index in [1.54, 1.807) is 28.2 Å². The number of carbonyl (C=O) groups excluding carboxylic acids is 1. The van der Waals surface area contributed by atoms with E-state index in [4.69, 9.17) is 0 Å². The van der Waals surface area contributed by atoms with Crippen LogP contribution in [0.15, 0.2) is 47.8 Å². The highest BCUT2D eigenvalue weighted by molar-refractivity contribution is 7.13. The first-order valence-electron chi connectivity index (χ1n) is 9.36. The van der Waals surface area contributed by atoms with Gasteiger partial charge in [0, 0.05) is 6.04 Å². The van der Waals surface area contributed by atoms with E-state index in [0.717, 1.165) is 29.0 Å². The van der Waals surface area contributed by atoms with Crippen LogP contribution in [0, 0.1) is 5.82 Å². The van der Waals surface area contributed by atoms with Crippen LogP contribution in [-0.4, -0.2) is 21.7 Å². The van der Waals surface area contributed by atoms with Crippen LogP contribution >= 0.6 is 11.3 Å². The molecular weight excluding hydrogens is 361 g/mol. The number of rotatable bonds is 5. The summed E-state index contributed by atoms with van der Waals surface area (Å²) in [6.45, 7) is 0.430. The van der Waals surface area contributed by atoms with Crippen molar-refractivity contribution in [2.24, 2.45) is 0 Å². The molecule has 1 N–H and O–H groups in total. The third-order valence-electron chi connectivity index (χ3n) is 4.97. The van der Waals surface area contributed by atoms with Crippen LogP contribution in [0.2, 0.25) is 0 Å². The molecule has 27 heavy (non-hydrogen) atoms. The molecule has 1 aromatic carbocycles. The van der Waals surface area contributed by atoms with Crippen LogP contribution < -0.4 is 5.32 Å². The predicted octanol–water partition coefficient (Wildman–Crippen LogP) is 4.86. The van der Waals surface area contributed by atoms with Gasteiger partial charge < -0.3 is 5.32 Å². The second kappa shape index (κ2) is 8.05. The van der Waals surface area contributed by atoms with Crippen molar-refractivity contribution in [2.75, 3.05) is 0 Å². The normalized spacial score (nSPS) is 15.0. The van der Waals surface area contributed by atoms with Gasteiger partial charge in [0.15, 0.2) is 0 Å². The maximum atomic E-state index is 13.2. The van der Waals surface area contributed by atoms with Gasteiger partial charge in [0.2, 0.25) is 0 Å². The largest absolute Gasteiger partial charge is 0.348 e. The van der Waals surface area contributed by atoms with Crippen molar-refractivity contribution < 1.29 is 9.18 Å². The van der Waals surface area contributed by atoms with Crippen LogP contribution in [0.25, 0.3) is 10.6 Å². The van der Waals surface area contributed by atoms with Crippen LogP contribution in [0.5, 0.6) is 0 Å². The van der Waals surface area contributed by atoms with Gasteiger partial charge in [-0.1, -0.05) is 37.5 Å². The van der Waals surface area contributed by atoms with E-state index in [1.165, 1.54) is 31.4 Å². The van der Waals surface area contributed by atoms with Crippen LogP contribution in [0.3, 0.4) is 0 Å². The van der Waals surface area contributed by atoms with Crippen LogP contribution in [-0.2, 0) is 6.54 Å². The molecule has 1 fully saturated rings. The zero-order valence-corrected chi connectivity index (χ0v) is 15.8. The molecule has 1 aliphatic carbocycles. The Balaban J connectivity index is 1.61. The van der Waals surface area contributed by atoms with Crippen molar-refractivity contribution in [1.29, 1.82) is 0 Å². The van der Waals surface area contributed by atoms with Gasteiger partial charge in [0.1, 0.15) is 17.2 Å². The number of halogens is 1. The molecule has 140 valence electrons. The molecule has 0 saturated heterocycles. The van der Waals surface area contributed by atoms with Crippen LogP contribution in [0.4, 0.5) is 4.39 Å². The van der Waals surface area contributed by atoms with E-state index < -0.39 is 0 Å². The smallest absolute Gasteiger partial charge is 0.269 e. The van der Waals surface area contributed by atoms with E-state index in [1.807, 2.05) is 23.6 Å². The lowest BCUT2D eigenvalue weighted by Crippen LogP contribution is -2.37. The lowest BCUT2D eigenvalue weighted by Gasteiger charge is -2.22. The molecule has 0 atom stereocenters. The number of thiophene rings is 1. The summed E-state index contributed by atoms with van der Waals surface area (Å²) < 4.78 is 14.9. The minimum atomic E-state index is -0.270. The Morgan fingerprint density at radius 1 is 1.19 bits per heavy atom. The molecule has 0 radical (unpaired) electrons. The number of benzene rings is 1. The van der Waals surface area contributed by atoms with Gasteiger partial charge in [0.05, 0.1) is 11.4 Å². The summed E-state index contributed by atoms with van der Waals surface area (Å²) in [6, 6.07) is 12.4. The Morgan fingerprint density at radius 2 is 1.96 bits per heavy atom. The second-order valence-corrected chi connectivity index (χ2v) is 7.93. The highest BCUT2D eigenvalue weighted by atomic mass is 32.1. The number of carbonyl (C=O) groups is 1.